The summed E-state index contributed by atoms with van der Waals surface area (Å²) in [6, 6.07) is 11.3. The summed E-state index contributed by atoms with van der Waals surface area (Å²) in [4.78, 5) is 31.2. The highest BCUT2D eigenvalue weighted by atomic mass is 32.1. The second kappa shape index (κ2) is 6.75. The summed E-state index contributed by atoms with van der Waals surface area (Å²) in [5, 5.41) is 1.81. The third kappa shape index (κ3) is 3.32. The maximum absolute atomic E-state index is 12.3. The summed E-state index contributed by atoms with van der Waals surface area (Å²) < 4.78 is 5.93. The summed E-state index contributed by atoms with van der Waals surface area (Å²) in [6.45, 7) is 1.90. The fraction of sp³-hybridized carbons (Fsp3) is 0.235. The summed E-state index contributed by atoms with van der Waals surface area (Å²) in [5.74, 6) is -0.267. The number of hydrogen-bond acceptors (Lipinski definition) is 5. The number of benzene rings is 1. The molecule has 1 aromatic carbocycles. The topological polar surface area (TPSA) is 72.0 Å². The van der Waals surface area contributed by atoms with Crippen molar-refractivity contribution in [3.8, 4) is 0 Å². The molecule has 0 fully saturated rings. The Morgan fingerprint density at radius 2 is 2.09 bits per heavy atom. The minimum Gasteiger partial charge on any atom is -0.457 e. The zero-order valence-electron chi connectivity index (χ0n) is 12.6. The molecule has 0 aliphatic carbocycles. The van der Waals surface area contributed by atoms with E-state index in [9.17, 15) is 9.59 Å². The molecule has 0 aliphatic rings. The van der Waals surface area contributed by atoms with Crippen LogP contribution in [-0.2, 0) is 16.1 Å². The zero-order valence-corrected chi connectivity index (χ0v) is 13.4. The first kappa shape index (κ1) is 15.4. The molecule has 0 saturated heterocycles. The van der Waals surface area contributed by atoms with Gasteiger partial charge in [0.2, 0.25) is 0 Å². The Bertz CT molecular complexity index is 870. The zero-order chi connectivity index (χ0) is 16.2. The van der Waals surface area contributed by atoms with Crippen LogP contribution in [0, 0.1) is 0 Å². The van der Waals surface area contributed by atoms with Gasteiger partial charge in [-0.1, -0.05) is 37.3 Å². The molecule has 118 valence electrons. The third-order valence-corrected chi connectivity index (χ3v) is 4.51. The number of esters is 1. The number of fused-ring (bicyclic) bond motifs is 1. The van der Waals surface area contributed by atoms with Crippen LogP contribution in [0.15, 0.2) is 46.6 Å². The number of aromatic amines is 1. The lowest BCUT2D eigenvalue weighted by molar-refractivity contribution is -0.147. The van der Waals surface area contributed by atoms with Gasteiger partial charge in [-0.05, 0) is 23.4 Å². The Kier molecular flexibility index (Phi) is 4.52. The summed E-state index contributed by atoms with van der Waals surface area (Å²) in [5.41, 5.74) is 1.35. The molecule has 0 bridgehead atoms. The van der Waals surface area contributed by atoms with Crippen LogP contribution >= 0.6 is 11.3 Å². The molecule has 6 heteroatoms. The molecule has 0 radical (unpaired) electrons. The molecule has 1 N–H and O–H groups in total. The van der Waals surface area contributed by atoms with Crippen molar-refractivity contribution in [2.45, 2.75) is 25.9 Å². The number of aromatic nitrogens is 2. The molecule has 2 aromatic heterocycles. The number of rotatable bonds is 5. The summed E-state index contributed by atoms with van der Waals surface area (Å²) in [6.07, 6.45) is 0.649. The van der Waals surface area contributed by atoms with Gasteiger partial charge in [0.15, 0.2) is 0 Å². The van der Waals surface area contributed by atoms with E-state index in [1.54, 1.807) is 6.07 Å². The van der Waals surface area contributed by atoms with Gasteiger partial charge in [0.05, 0.1) is 11.4 Å². The second-order valence-corrected chi connectivity index (χ2v) is 6.04. The molecule has 5 nitrogen and oxygen atoms in total. The van der Waals surface area contributed by atoms with Crippen molar-refractivity contribution in [2.75, 3.05) is 0 Å². The van der Waals surface area contributed by atoms with Gasteiger partial charge in [-0.3, -0.25) is 9.59 Å². The van der Waals surface area contributed by atoms with E-state index in [4.69, 9.17) is 4.74 Å². The number of nitrogens with zero attached hydrogens (tertiary/aromatic N) is 1. The van der Waals surface area contributed by atoms with E-state index >= 15 is 0 Å². The average molecular weight is 328 g/mol. The van der Waals surface area contributed by atoms with Gasteiger partial charge in [-0.25, -0.2) is 4.98 Å². The number of carbonyl (C=O) groups is 1. The molecule has 2 heterocycles. The van der Waals surface area contributed by atoms with Crippen LogP contribution in [0.25, 0.3) is 10.2 Å². The molecule has 3 rings (SSSR count). The van der Waals surface area contributed by atoms with Crippen molar-refractivity contribution in [3.63, 3.8) is 0 Å². The molecule has 23 heavy (non-hydrogen) atoms. The lowest BCUT2D eigenvalue weighted by Crippen LogP contribution is -2.18. The normalized spacial score (nSPS) is 12.2. The largest absolute Gasteiger partial charge is 0.457 e. The van der Waals surface area contributed by atoms with Gasteiger partial charge in [0.25, 0.3) is 5.56 Å². The number of ether oxygens (including phenoxy) is 1. The van der Waals surface area contributed by atoms with Gasteiger partial charge in [0, 0.05) is 0 Å². The van der Waals surface area contributed by atoms with Gasteiger partial charge in [-0.2, -0.15) is 0 Å². The summed E-state index contributed by atoms with van der Waals surface area (Å²) >= 11 is 1.34. The molecule has 0 unspecified atom stereocenters. The van der Waals surface area contributed by atoms with Crippen molar-refractivity contribution in [2.24, 2.45) is 0 Å². The quantitative estimate of drug-likeness (QED) is 0.730. The Morgan fingerprint density at radius 3 is 2.83 bits per heavy atom. The van der Waals surface area contributed by atoms with E-state index in [2.05, 4.69) is 9.97 Å². The molecular formula is C17H16N2O3S. The minimum absolute atomic E-state index is 0.0385. The first-order valence-corrected chi connectivity index (χ1v) is 8.25. The van der Waals surface area contributed by atoms with Crippen molar-refractivity contribution in [1.29, 1.82) is 0 Å². The molecular weight excluding hydrogens is 312 g/mol. The molecule has 0 amide bonds. The molecule has 0 saturated carbocycles. The van der Waals surface area contributed by atoms with E-state index in [-0.39, 0.29) is 24.1 Å². The van der Waals surface area contributed by atoms with Crippen molar-refractivity contribution in [3.05, 3.63) is 63.5 Å². The highest BCUT2D eigenvalue weighted by Gasteiger charge is 2.20. The molecule has 0 aliphatic heterocycles. The standard InChI is InChI=1S/C17H16N2O3S/c1-2-12(11-6-4-3-5-7-11)17(21)22-10-14-18-13-8-9-23-15(13)16(20)19-14/h3-9,12H,2,10H2,1H3,(H,18,19,20)/t12-/m1/s1. The van der Waals surface area contributed by atoms with Crippen molar-refractivity contribution < 1.29 is 9.53 Å². The molecule has 1 atom stereocenters. The van der Waals surface area contributed by atoms with Crippen LogP contribution in [-0.4, -0.2) is 15.9 Å². The lowest BCUT2D eigenvalue weighted by atomic mass is 9.97. The predicted octanol–water partition coefficient (Wildman–Crippen LogP) is 3.22. The maximum Gasteiger partial charge on any atom is 0.313 e. The van der Waals surface area contributed by atoms with Crippen LogP contribution in [0.1, 0.15) is 30.7 Å². The number of carbonyl (C=O) groups excluding carboxylic acids is 1. The van der Waals surface area contributed by atoms with Crippen LogP contribution in [0.5, 0.6) is 0 Å². The number of nitrogens with one attached hydrogen (secondary N) is 1. The van der Waals surface area contributed by atoms with Gasteiger partial charge < -0.3 is 9.72 Å². The van der Waals surface area contributed by atoms with E-state index < -0.39 is 0 Å². The van der Waals surface area contributed by atoms with Crippen molar-refractivity contribution in [1.82, 2.24) is 9.97 Å². The van der Waals surface area contributed by atoms with Crippen LogP contribution in [0.2, 0.25) is 0 Å². The van der Waals surface area contributed by atoms with Crippen LogP contribution < -0.4 is 5.56 Å². The van der Waals surface area contributed by atoms with Gasteiger partial charge >= 0.3 is 5.97 Å². The van der Waals surface area contributed by atoms with Gasteiger partial charge in [0.1, 0.15) is 17.1 Å². The number of thiophene rings is 1. The Hall–Kier alpha value is -2.47. The van der Waals surface area contributed by atoms with E-state index in [0.717, 1.165) is 5.56 Å². The highest BCUT2D eigenvalue weighted by molar-refractivity contribution is 7.17. The molecule has 0 spiro atoms. The highest BCUT2D eigenvalue weighted by Crippen LogP contribution is 2.21. The SMILES string of the molecule is CC[C@@H](C(=O)OCc1nc2ccsc2c(=O)[nH]1)c1ccccc1. The fourth-order valence-corrected chi connectivity index (χ4v) is 3.18. The predicted molar refractivity (Wildman–Crippen MR) is 89.5 cm³/mol. The van der Waals surface area contributed by atoms with Crippen molar-refractivity contribution >= 4 is 27.5 Å². The lowest BCUT2D eigenvalue weighted by Gasteiger charge is -2.14. The van der Waals surface area contributed by atoms with E-state index in [1.807, 2.05) is 42.6 Å². The molecule has 3 aromatic rings. The first-order valence-electron chi connectivity index (χ1n) is 7.37. The minimum atomic E-state index is -0.313. The van der Waals surface area contributed by atoms with E-state index in [0.29, 0.717) is 22.5 Å². The Morgan fingerprint density at radius 1 is 1.30 bits per heavy atom. The Balaban J connectivity index is 1.73. The monoisotopic (exact) mass is 328 g/mol. The van der Waals surface area contributed by atoms with Gasteiger partial charge in [-0.15, -0.1) is 11.3 Å². The maximum atomic E-state index is 12.3. The second-order valence-electron chi connectivity index (χ2n) is 5.13. The average Bonchev–Trinajstić information content (AvgIpc) is 3.04. The number of hydrogen-bond donors (Lipinski definition) is 1. The third-order valence-electron chi connectivity index (χ3n) is 3.61. The fourth-order valence-electron chi connectivity index (χ4n) is 2.45. The van der Waals surface area contributed by atoms with Crippen LogP contribution in [0.4, 0.5) is 0 Å². The number of H-pyrrole nitrogens is 1. The summed E-state index contributed by atoms with van der Waals surface area (Å²) in [7, 11) is 0. The smallest absolute Gasteiger partial charge is 0.313 e. The first-order chi connectivity index (χ1) is 11.2. The van der Waals surface area contributed by atoms with Crippen LogP contribution in [0.3, 0.4) is 0 Å². The van der Waals surface area contributed by atoms with E-state index in [1.165, 1.54) is 11.3 Å². The Labute approximate surface area is 137 Å².